The minimum absolute atomic E-state index is 0.164. The first kappa shape index (κ1) is 19.2. The number of aromatic nitrogens is 2. The van der Waals surface area contributed by atoms with Gasteiger partial charge in [-0.3, -0.25) is 4.79 Å². The van der Waals surface area contributed by atoms with E-state index in [1.807, 2.05) is 13.0 Å². The first-order valence-electron chi connectivity index (χ1n) is 8.70. The van der Waals surface area contributed by atoms with Crippen LogP contribution in [0.5, 0.6) is 17.2 Å². The first-order chi connectivity index (χ1) is 13.6. The van der Waals surface area contributed by atoms with Crippen LogP contribution in [0, 0.1) is 0 Å². The molecule has 0 saturated carbocycles. The lowest BCUT2D eigenvalue weighted by Gasteiger charge is -2.12. The summed E-state index contributed by atoms with van der Waals surface area (Å²) in [6.07, 6.45) is 0.689. The Bertz CT molecular complexity index is 955. The Labute approximate surface area is 162 Å². The summed E-state index contributed by atoms with van der Waals surface area (Å²) in [6, 6.07) is 12.3. The number of methoxy groups -OCH3 is 2. The van der Waals surface area contributed by atoms with E-state index in [9.17, 15) is 4.79 Å². The molecular formula is C20H21N3O5. The van der Waals surface area contributed by atoms with Crippen molar-refractivity contribution in [2.45, 2.75) is 13.3 Å². The Hall–Kier alpha value is -3.55. The number of hydrogen-bond donors (Lipinski definition) is 1. The van der Waals surface area contributed by atoms with E-state index in [2.05, 4.69) is 15.5 Å². The smallest absolute Gasteiger partial charge is 0.262 e. The van der Waals surface area contributed by atoms with Gasteiger partial charge in [0.15, 0.2) is 12.4 Å². The van der Waals surface area contributed by atoms with Crippen LogP contribution in [-0.4, -0.2) is 36.9 Å². The fraction of sp³-hybridized carbons (Fsp3) is 0.250. The van der Waals surface area contributed by atoms with Crippen molar-refractivity contribution in [3.63, 3.8) is 0 Å². The number of nitrogens with one attached hydrogen (secondary N) is 1. The largest absolute Gasteiger partial charge is 0.497 e. The van der Waals surface area contributed by atoms with Gasteiger partial charge in [0, 0.05) is 18.1 Å². The SMILES string of the molecule is CCc1noc(-c2cccc(OCC(=O)Nc3ccc(OC)cc3OC)c2)n1. The molecule has 1 aromatic heterocycles. The number of nitrogens with zero attached hydrogens (tertiary/aromatic N) is 2. The van der Waals surface area contributed by atoms with Crippen molar-refractivity contribution in [1.82, 2.24) is 10.1 Å². The van der Waals surface area contributed by atoms with Crippen molar-refractivity contribution in [2.24, 2.45) is 0 Å². The monoisotopic (exact) mass is 383 g/mol. The second kappa shape index (κ2) is 8.90. The molecule has 3 rings (SSSR count). The zero-order valence-electron chi connectivity index (χ0n) is 15.9. The van der Waals surface area contributed by atoms with Crippen LogP contribution in [0.2, 0.25) is 0 Å². The molecule has 2 aromatic carbocycles. The van der Waals surface area contributed by atoms with E-state index in [0.717, 1.165) is 5.56 Å². The molecule has 0 radical (unpaired) electrons. The van der Waals surface area contributed by atoms with Crippen molar-refractivity contribution in [2.75, 3.05) is 26.1 Å². The summed E-state index contributed by atoms with van der Waals surface area (Å²) in [5, 5.41) is 6.63. The summed E-state index contributed by atoms with van der Waals surface area (Å²) >= 11 is 0. The van der Waals surface area contributed by atoms with Crippen molar-refractivity contribution >= 4 is 11.6 Å². The van der Waals surface area contributed by atoms with Gasteiger partial charge in [-0.2, -0.15) is 4.98 Å². The maximum atomic E-state index is 12.2. The zero-order valence-corrected chi connectivity index (χ0v) is 15.9. The summed E-state index contributed by atoms with van der Waals surface area (Å²) in [5.41, 5.74) is 1.26. The molecule has 0 spiro atoms. The molecule has 0 saturated heterocycles. The quantitative estimate of drug-likeness (QED) is 0.637. The lowest BCUT2D eigenvalue weighted by molar-refractivity contribution is -0.118. The van der Waals surface area contributed by atoms with Gasteiger partial charge >= 0.3 is 0 Å². The molecule has 0 atom stereocenters. The van der Waals surface area contributed by atoms with Gasteiger partial charge in [-0.1, -0.05) is 18.1 Å². The molecule has 1 N–H and O–H groups in total. The van der Waals surface area contributed by atoms with Gasteiger partial charge in [0.2, 0.25) is 0 Å². The summed E-state index contributed by atoms with van der Waals surface area (Å²) in [6.45, 7) is 1.78. The molecule has 0 bridgehead atoms. The number of hydrogen-bond acceptors (Lipinski definition) is 7. The lowest BCUT2D eigenvalue weighted by atomic mass is 10.2. The predicted molar refractivity (Wildman–Crippen MR) is 103 cm³/mol. The maximum Gasteiger partial charge on any atom is 0.262 e. The number of rotatable bonds is 8. The topological polar surface area (TPSA) is 95.7 Å². The molecule has 3 aromatic rings. The third-order valence-corrected chi connectivity index (χ3v) is 3.92. The van der Waals surface area contributed by atoms with E-state index >= 15 is 0 Å². The molecule has 1 heterocycles. The summed E-state index contributed by atoms with van der Waals surface area (Å²) in [7, 11) is 3.08. The number of anilines is 1. The van der Waals surface area contributed by atoms with Crippen molar-refractivity contribution < 1.29 is 23.5 Å². The van der Waals surface area contributed by atoms with E-state index in [0.29, 0.717) is 41.1 Å². The molecule has 0 fully saturated rings. The van der Waals surface area contributed by atoms with Crippen LogP contribution in [0.15, 0.2) is 47.0 Å². The molecule has 8 nitrogen and oxygen atoms in total. The Morgan fingerprint density at radius 2 is 1.96 bits per heavy atom. The van der Waals surface area contributed by atoms with Gasteiger partial charge in [-0.05, 0) is 30.3 Å². The second-order valence-corrected chi connectivity index (χ2v) is 5.80. The molecule has 8 heteroatoms. The molecule has 0 aliphatic heterocycles. The molecule has 0 unspecified atom stereocenters. The van der Waals surface area contributed by atoms with Gasteiger partial charge in [0.25, 0.3) is 11.8 Å². The highest BCUT2D eigenvalue weighted by atomic mass is 16.5. The average molecular weight is 383 g/mol. The fourth-order valence-electron chi connectivity index (χ4n) is 2.47. The summed E-state index contributed by atoms with van der Waals surface area (Å²) in [5.74, 6) is 2.38. The van der Waals surface area contributed by atoms with Crippen LogP contribution < -0.4 is 19.5 Å². The summed E-state index contributed by atoms with van der Waals surface area (Å²) < 4.78 is 21.2. The van der Waals surface area contributed by atoms with Gasteiger partial charge in [-0.25, -0.2) is 0 Å². The molecule has 1 amide bonds. The van der Waals surface area contributed by atoms with Crippen LogP contribution >= 0.6 is 0 Å². The predicted octanol–water partition coefficient (Wildman–Crippen LogP) is 3.33. The van der Waals surface area contributed by atoms with Gasteiger partial charge in [0.1, 0.15) is 17.2 Å². The second-order valence-electron chi connectivity index (χ2n) is 5.80. The van der Waals surface area contributed by atoms with Crippen molar-refractivity contribution in [3.05, 3.63) is 48.3 Å². The molecule has 28 heavy (non-hydrogen) atoms. The van der Waals surface area contributed by atoms with Crippen LogP contribution in [0.4, 0.5) is 5.69 Å². The molecular weight excluding hydrogens is 362 g/mol. The summed E-state index contributed by atoms with van der Waals surface area (Å²) in [4.78, 5) is 16.5. The van der Waals surface area contributed by atoms with Crippen LogP contribution in [-0.2, 0) is 11.2 Å². The van der Waals surface area contributed by atoms with E-state index in [1.54, 1.807) is 43.5 Å². The Morgan fingerprint density at radius 1 is 1.11 bits per heavy atom. The average Bonchev–Trinajstić information content (AvgIpc) is 3.22. The number of ether oxygens (including phenoxy) is 3. The number of benzene rings is 2. The van der Waals surface area contributed by atoms with Crippen LogP contribution in [0.3, 0.4) is 0 Å². The first-order valence-corrected chi connectivity index (χ1v) is 8.70. The lowest BCUT2D eigenvalue weighted by Crippen LogP contribution is -2.20. The third kappa shape index (κ3) is 4.59. The Morgan fingerprint density at radius 3 is 2.68 bits per heavy atom. The van der Waals surface area contributed by atoms with Crippen LogP contribution in [0.1, 0.15) is 12.7 Å². The Balaban J connectivity index is 1.63. The fourth-order valence-corrected chi connectivity index (χ4v) is 2.47. The van der Waals surface area contributed by atoms with Crippen molar-refractivity contribution in [3.8, 4) is 28.7 Å². The Kier molecular flexibility index (Phi) is 6.11. The minimum atomic E-state index is -0.320. The van der Waals surface area contributed by atoms with E-state index in [1.165, 1.54) is 7.11 Å². The zero-order chi connectivity index (χ0) is 19.9. The number of aryl methyl sites for hydroxylation is 1. The van der Waals surface area contributed by atoms with Gasteiger partial charge in [0.05, 0.1) is 19.9 Å². The van der Waals surface area contributed by atoms with Gasteiger partial charge in [-0.15, -0.1) is 0 Å². The maximum absolute atomic E-state index is 12.2. The number of carbonyl (C=O) groups is 1. The van der Waals surface area contributed by atoms with E-state index in [-0.39, 0.29) is 12.5 Å². The third-order valence-electron chi connectivity index (χ3n) is 3.92. The highest BCUT2D eigenvalue weighted by Gasteiger charge is 2.11. The highest BCUT2D eigenvalue weighted by Crippen LogP contribution is 2.29. The molecule has 0 aliphatic rings. The number of carbonyl (C=O) groups excluding carboxylic acids is 1. The van der Waals surface area contributed by atoms with E-state index in [4.69, 9.17) is 18.7 Å². The highest BCUT2D eigenvalue weighted by molar-refractivity contribution is 5.93. The molecule has 146 valence electrons. The normalized spacial score (nSPS) is 10.4. The standard InChI is InChI=1S/C20H21N3O5/c1-4-18-22-20(28-23-18)13-6-5-7-15(10-13)27-12-19(24)21-16-9-8-14(25-2)11-17(16)26-3/h5-11H,4,12H2,1-3H3,(H,21,24). The van der Waals surface area contributed by atoms with E-state index < -0.39 is 0 Å². The minimum Gasteiger partial charge on any atom is -0.497 e. The molecule has 0 aliphatic carbocycles. The van der Waals surface area contributed by atoms with Crippen LogP contribution in [0.25, 0.3) is 11.5 Å². The van der Waals surface area contributed by atoms with Gasteiger partial charge < -0.3 is 24.1 Å². The number of amides is 1. The van der Waals surface area contributed by atoms with Crippen molar-refractivity contribution in [1.29, 1.82) is 0 Å².